The van der Waals surface area contributed by atoms with Crippen LogP contribution in [0.4, 0.5) is 5.69 Å². The Kier molecular flexibility index (Phi) is 5.04. The smallest absolute Gasteiger partial charge is 0.335 e. The van der Waals surface area contributed by atoms with Crippen LogP contribution in [0.25, 0.3) is 5.69 Å². The first-order chi connectivity index (χ1) is 12.5. The van der Waals surface area contributed by atoms with E-state index in [4.69, 9.17) is 0 Å². The Morgan fingerprint density at radius 2 is 1.92 bits per heavy atom. The lowest BCUT2D eigenvalue weighted by Gasteiger charge is -2.10. The van der Waals surface area contributed by atoms with Crippen molar-refractivity contribution in [3.63, 3.8) is 0 Å². The molecular formula is C18H15BrN4O3. The van der Waals surface area contributed by atoms with Gasteiger partial charge in [-0.3, -0.25) is 15.2 Å². The van der Waals surface area contributed by atoms with Gasteiger partial charge in [-0.25, -0.2) is 9.36 Å². The molecule has 0 fully saturated rings. The van der Waals surface area contributed by atoms with Gasteiger partial charge in [-0.05, 0) is 48.9 Å². The second-order valence-electron chi connectivity index (χ2n) is 5.55. The third-order valence-corrected chi connectivity index (χ3v) is 4.14. The molecule has 0 radical (unpaired) electrons. The first kappa shape index (κ1) is 17.7. The van der Waals surface area contributed by atoms with Crippen molar-refractivity contribution < 1.29 is 5.11 Å². The molecular weight excluding hydrogens is 400 g/mol. The predicted molar refractivity (Wildman–Crippen MR) is 104 cm³/mol. The number of aromatic hydroxyl groups is 1. The molecule has 8 heteroatoms. The number of hydrogen-bond acceptors (Lipinski definition) is 5. The van der Waals surface area contributed by atoms with Crippen LogP contribution in [0.5, 0.6) is 5.88 Å². The van der Waals surface area contributed by atoms with Crippen molar-refractivity contribution in [2.24, 2.45) is 5.10 Å². The zero-order chi connectivity index (χ0) is 18.7. The Labute approximate surface area is 156 Å². The number of benzene rings is 2. The van der Waals surface area contributed by atoms with Crippen LogP contribution in [0.2, 0.25) is 0 Å². The molecule has 0 bridgehead atoms. The minimum Gasteiger partial charge on any atom is -0.493 e. The summed E-state index contributed by atoms with van der Waals surface area (Å²) < 4.78 is 1.95. The molecule has 0 spiro atoms. The second-order valence-corrected chi connectivity index (χ2v) is 6.46. The number of aromatic amines is 1. The van der Waals surface area contributed by atoms with E-state index in [1.54, 1.807) is 30.3 Å². The van der Waals surface area contributed by atoms with Crippen molar-refractivity contribution in [3.05, 3.63) is 85.0 Å². The number of hydrogen-bond donors (Lipinski definition) is 3. The molecule has 0 unspecified atom stereocenters. The van der Waals surface area contributed by atoms with Gasteiger partial charge in [0.25, 0.3) is 5.56 Å². The normalized spacial score (nSPS) is 11.0. The van der Waals surface area contributed by atoms with Gasteiger partial charge in [-0.15, -0.1) is 0 Å². The number of anilines is 1. The van der Waals surface area contributed by atoms with Crippen LogP contribution in [-0.4, -0.2) is 20.9 Å². The average Bonchev–Trinajstić information content (AvgIpc) is 2.59. The number of nitrogens with zero attached hydrogens (tertiary/aromatic N) is 2. The first-order valence-corrected chi connectivity index (χ1v) is 8.45. The molecule has 3 aromatic rings. The Bertz CT molecular complexity index is 1080. The summed E-state index contributed by atoms with van der Waals surface area (Å²) in [5, 5.41) is 14.4. The summed E-state index contributed by atoms with van der Waals surface area (Å²) in [4.78, 5) is 26.4. The highest BCUT2D eigenvalue weighted by Gasteiger charge is 2.14. The van der Waals surface area contributed by atoms with Crippen LogP contribution < -0.4 is 16.7 Å². The Morgan fingerprint density at radius 3 is 2.62 bits per heavy atom. The molecule has 132 valence electrons. The van der Waals surface area contributed by atoms with Crippen LogP contribution in [0.15, 0.2) is 67.7 Å². The van der Waals surface area contributed by atoms with Gasteiger partial charge in [0.15, 0.2) is 0 Å². The topological polar surface area (TPSA) is 99.5 Å². The SMILES string of the molecule is Cc1cccc(-n2c(O)c(C=NNc3ccc(Br)cc3)c(=O)[nH]c2=O)c1. The van der Waals surface area contributed by atoms with E-state index in [0.717, 1.165) is 14.6 Å². The van der Waals surface area contributed by atoms with Gasteiger partial charge in [0.1, 0.15) is 5.56 Å². The fourth-order valence-corrected chi connectivity index (χ4v) is 2.62. The van der Waals surface area contributed by atoms with Crippen molar-refractivity contribution in [3.8, 4) is 11.6 Å². The van der Waals surface area contributed by atoms with Gasteiger partial charge in [0, 0.05) is 4.47 Å². The molecule has 7 nitrogen and oxygen atoms in total. The van der Waals surface area contributed by atoms with E-state index in [2.05, 4.69) is 31.4 Å². The molecule has 0 aliphatic rings. The van der Waals surface area contributed by atoms with E-state index in [-0.39, 0.29) is 5.56 Å². The summed E-state index contributed by atoms with van der Waals surface area (Å²) in [5.41, 5.74) is 3.23. The summed E-state index contributed by atoms with van der Waals surface area (Å²) in [6.45, 7) is 1.86. The molecule has 3 N–H and O–H groups in total. The number of nitrogens with one attached hydrogen (secondary N) is 2. The van der Waals surface area contributed by atoms with Crippen molar-refractivity contribution in [1.29, 1.82) is 0 Å². The number of aryl methyl sites for hydroxylation is 1. The molecule has 1 aromatic heterocycles. The molecule has 0 saturated heterocycles. The number of aromatic nitrogens is 2. The van der Waals surface area contributed by atoms with Gasteiger partial charge in [-0.1, -0.05) is 28.1 Å². The molecule has 0 aliphatic heterocycles. The lowest BCUT2D eigenvalue weighted by molar-refractivity contribution is 0.430. The van der Waals surface area contributed by atoms with E-state index in [1.165, 1.54) is 6.21 Å². The van der Waals surface area contributed by atoms with Crippen LogP contribution in [-0.2, 0) is 0 Å². The van der Waals surface area contributed by atoms with Crippen molar-refractivity contribution >= 4 is 27.8 Å². The zero-order valence-corrected chi connectivity index (χ0v) is 15.3. The number of hydrazone groups is 1. The molecule has 1 heterocycles. The predicted octanol–water partition coefficient (Wildman–Crippen LogP) is 2.75. The lowest BCUT2D eigenvalue weighted by Crippen LogP contribution is -2.31. The Balaban J connectivity index is 1.98. The molecule has 0 aliphatic carbocycles. The lowest BCUT2D eigenvalue weighted by atomic mass is 10.2. The maximum atomic E-state index is 12.1. The van der Waals surface area contributed by atoms with E-state index in [1.807, 2.05) is 25.1 Å². The average molecular weight is 415 g/mol. The van der Waals surface area contributed by atoms with E-state index in [9.17, 15) is 14.7 Å². The van der Waals surface area contributed by atoms with Crippen LogP contribution in [0, 0.1) is 6.92 Å². The summed E-state index contributed by atoms with van der Waals surface area (Å²) in [7, 11) is 0. The minimum absolute atomic E-state index is 0.129. The standard InChI is InChI=1S/C18H15BrN4O3/c1-11-3-2-4-14(9-11)23-17(25)15(16(24)21-18(23)26)10-20-22-13-7-5-12(19)6-8-13/h2-10,22,25H,1H3,(H,21,24,26). The molecule has 0 amide bonds. The minimum atomic E-state index is -0.726. The number of H-pyrrole nitrogens is 1. The van der Waals surface area contributed by atoms with Gasteiger partial charge < -0.3 is 5.11 Å². The van der Waals surface area contributed by atoms with Gasteiger partial charge in [0.05, 0.1) is 17.6 Å². The highest BCUT2D eigenvalue weighted by molar-refractivity contribution is 9.10. The zero-order valence-electron chi connectivity index (χ0n) is 13.7. The van der Waals surface area contributed by atoms with Gasteiger partial charge >= 0.3 is 5.69 Å². The molecule has 0 saturated carbocycles. The fourth-order valence-electron chi connectivity index (χ4n) is 2.36. The number of halogens is 1. The highest BCUT2D eigenvalue weighted by atomic mass is 79.9. The van der Waals surface area contributed by atoms with Crippen molar-refractivity contribution in [2.45, 2.75) is 6.92 Å². The molecule has 0 atom stereocenters. The largest absolute Gasteiger partial charge is 0.493 e. The molecule has 3 rings (SSSR count). The van der Waals surface area contributed by atoms with Crippen LogP contribution >= 0.6 is 15.9 Å². The third kappa shape index (κ3) is 3.75. The van der Waals surface area contributed by atoms with Gasteiger partial charge in [-0.2, -0.15) is 5.10 Å². The summed E-state index contributed by atoms with van der Waals surface area (Å²) in [6, 6.07) is 14.2. The maximum absolute atomic E-state index is 12.1. The van der Waals surface area contributed by atoms with E-state index >= 15 is 0 Å². The Morgan fingerprint density at radius 1 is 1.19 bits per heavy atom. The maximum Gasteiger partial charge on any atom is 0.335 e. The first-order valence-electron chi connectivity index (χ1n) is 7.65. The number of rotatable bonds is 4. The quantitative estimate of drug-likeness (QED) is 0.451. The summed E-state index contributed by atoms with van der Waals surface area (Å²) in [5.74, 6) is -0.481. The summed E-state index contributed by atoms with van der Waals surface area (Å²) in [6.07, 6.45) is 1.17. The Hall–Kier alpha value is -3.13. The van der Waals surface area contributed by atoms with Crippen molar-refractivity contribution in [2.75, 3.05) is 5.43 Å². The third-order valence-electron chi connectivity index (χ3n) is 3.61. The summed E-state index contributed by atoms with van der Waals surface area (Å²) >= 11 is 3.33. The molecule has 2 aromatic carbocycles. The molecule has 26 heavy (non-hydrogen) atoms. The van der Waals surface area contributed by atoms with Crippen molar-refractivity contribution in [1.82, 2.24) is 9.55 Å². The second kappa shape index (κ2) is 7.40. The van der Waals surface area contributed by atoms with E-state index in [0.29, 0.717) is 11.4 Å². The fraction of sp³-hybridized carbons (Fsp3) is 0.0556. The van der Waals surface area contributed by atoms with Crippen LogP contribution in [0.3, 0.4) is 0 Å². The van der Waals surface area contributed by atoms with E-state index < -0.39 is 17.1 Å². The monoisotopic (exact) mass is 414 g/mol. The van der Waals surface area contributed by atoms with Crippen LogP contribution in [0.1, 0.15) is 11.1 Å². The highest BCUT2D eigenvalue weighted by Crippen LogP contribution is 2.17. The van der Waals surface area contributed by atoms with Gasteiger partial charge in [0.2, 0.25) is 5.88 Å².